The Kier molecular flexibility index (Phi) is 3.67. The van der Waals surface area contributed by atoms with Crippen molar-refractivity contribution in [2.45, 2.75) is 19.4 Å². The van der Waals surface area contributed by atoms with Crippen LogP contribution in [0.4, 0.5) is 5.69 Å². The van der Waals surface area contributed by atoms with Gasteiger partial charge in [-0.25, -0.2) is 0 Å². The molecule has 2 rings (SSSR count). The number of nitrogens with zero attached hydrogens (tertiary/aromatic N) is 1. The number of fused-ring (bicyclic) bond motifs is 1. The van der Waals surface area contributed by atoms with Crippen molar-refractivity contribution >= 4 is 11.6 Å². The van der Waals surface area contributed by atoms with E-state index in [-0.39, 0.29) is 5.91 Å². The Bertz CT molecular complexity index is 471. The summed E-state index contributed by atoms with van der Waals surface area (Å²) in [5, 5.41) is 0. The SMILES string of the molecule is C=CCN1C(=O)C(C)Oc2ccc(CCN)cc21. The minimum absolute atomic E-state index is 0.0349. The predicted octanol–water partition coefficient (Wildman–Crippen LogP) is 1.49. The Hall–Kier alpha value is -1.81. The van der Waals surface area contributed by atoms with E-state index in [0.717, 1.165) is 23.4 Å². The lowest BCUT2D eigenvalue weighted by Gasteiger charge is -2.32. The number of carbonyl (C=O) groups is 1. The topological polar surface area (TPSA) is 55.6 Å². The molecule has 1 aliphatic rings. The normalized spacial score (nSPS) is 18.2. The number of nitrogens with two attached hydrogens (primary N) is 1. The van der Waals surface area contributed by atoms with Gasteiger partial charge in [0, 0.05) is 6.54 Å². The Labute approximate surface area is 107 Å². The first-order valence-electron chi connectivity index (χ1n) is 6.09. The lowest BCUT2D eigenvalue weighted by molar-refractivity contribution is -0.125. The van der Waals surface area contributed by atoms with Gasteiger partial charge in [-0.15, -0.1) is 6.58 Å². The van der Waals surface area contributed by atoms with Crippen molar-refractivity contribution in [1.82, 2.24) is 0 Å². The number of benzene rings is 1. The Morgan fingerprint density at radius 2 is 2.33 bits per heavy atom. The summed E-state index contributed by atoms with van der Waals surface area (Å²) in [6.45, 7) is 6.53. The van der Waals surface area contributed by atoms with Crippen molar-refractivity contribution in [1.29, 1.82) is 0 Å². The summed E-state index contributed by atoms with van der Waals surface area (Å²) in [4.78, 5) is 13.8. The molecule has 0 fully saturated rings. The molecule has 1 aromatic carbocycles. The first-order valence-corrected chi connectivity index (χ1v) is 6.09. The molecule has 1 atom stereocenters. The van der Waals surface area contributed by atoms with E-state index in [4.69, 9.17) is 10.5 Å². The fraction of sp³-hybridized carbons (Fsp3) is 0.357. The zero-order chi connectivity index (χ0) is 13.1. The highest BCUT2D eigenvalue weighted by Crippen LogP contribution is 2.34. The van der Waals surface area contributed by atoms with Gasteiger partial charge in [0.15, 0.2) is 6.10 Å². The van der Waals surface area contributed by atoms with E-state index < -0.39 is 6.10 Å². The molecule has 1 amide bonds. The molecule has 1 heterocycles. The third-order valence-electron chi connectivity index (χ3n) is 2.98. The number of hydrogen-bond donors (Lipinski definition) is 1. The maximum absolute atomic E-state index is 12.1. The number of anilines is 1. The van der Waals surface area contributed by atoms with Gasteiger partial charge in [0.2, 0.25) is 0 Å². The standard InChI is InChI=1S/C14H18N2O2/c1-3-8-16-12-9-11(6-7-15)4-5-13(12)18-10(2)14(16)17/h3-5,9-10H,1,6-8,15H2,2H3. The van der Waals surface area contributed by atoms with Crippen molar-refractivity contribution in [3.8, 4) is 5.75 Å². The van der Waals surface area contributed by atoms with Gasteiger partial charge in [-0.2, -0.15) is 0 Å². The van der Waals surface area contributed by atoms with Gasteiger partial charge in [0.05, 0.1) is 5.69 Å². The maximum atomic E-state index is 12.1. The lowest BCUT2D eigenvalue weighted by atomic mass is 10.1. The van der Waals surface area contributed by atoms with Crippen molar-refractivity contribution in [3.63, 3.8) is 0 Å². The summed E-state index contributed by atoms with van der Waals surface area (Å²) >= 11 is 0. The molecule has 0 saturated carbocycles. The molecule has 2 N–H and O–H groups in total. The molecule has 96 valence electrons. The van der Waals surface area contributed by atoms with E-state index in [0.29, 0.717) is 13.1 Å². The smallest absolute Gasteiger partial charge is 0.268 e. The van der Waals surface area contributed by atoms with Crippen LogP contribution in [0, 0.1) is 0 Å². The molecule has 0 bridgehead atoms. The van der Waals surface area contributed by atoms with Gasteiger partial charge < -0.3 is 15.4 Å². The molecule has 0 aliphatic carbocycles. The summed E-state index contributed by atoms with van der Waals surface area (Å²) in [6.07, 6.45) is 2.06. The monoisotopic (exact) mass is 246 g/mol. The summed E-state index contributed by atoms with van der Waals surface area (Å²) in [5.41, 5.74) is 7.47. The van der Waals surface area contributed by atoms with Crippen LogP contribution >= 0.6 is 0 Å². The second-order valence-electron chi connectivity index (χ2n) is 4.34. The second-order valence-corrected chi connectivity index (χ2v) is 4.34. The van der Waals surface area contributed by atoms with Crippen LogP contribution in [0.5, 0.6) is 5.75 Å². The summed E-state index contributed by atoms with van der Waals surface area (Å²) < 4.78 is 5.60. The fourth-order valence-corrected chi connectivity index (χ4v) is 2.09. The molecular weight excluding hydrogens is 228 g/mol. The van der Waals surface area contributed by atoms with Crippen LogP contribution in [0.2, 0.25) is 0 Å². The molecule has 0 aromatic heterocycles. The predicted molar refractivity (Wildman–Crippen MR) is 71.8 cm³/mol. The van der Waals surface area contributed by atoms with Crippen molar-refractivity contribution < 1.29 is 9.53 Å². The Morgan fingerprint density at radius 3 is 3.00 bits per heavy atom. The van der Waals surface area contributed by atoms with Crippen LogP contribution in [-0.2, 0) is 11.2 Å². The van der Waals surface area contributed by atoms with Crippen LogP contribution in [0.15, 0.2) is 30.9 Å². The minimum atomic E-state index is -0.446. The first kappa shape index (κ1) is 12.6. The third kappa shape index (κ3) is 2.24. The maximum Gasteiger partial charge on any atom is 0.268 e. The Balaban J connectivity index is 2.41. The average Bonchev–Trinajstić information content (AvgIpc) is 2.36. The van der Waals surface area contributed by atoms with Crippen molar-refractivity contribution in [3.05, 3.63) is 36.4 Å². The molecule has 0 saturated heterocycles. The fourth-order valence-electron chi connectivity index (χ4n) is 2.09. The molecule has 1 aromatic rings. The van der Waals surface area contributed by atoms with Gasteiger partial charge in [-0.05, 0) is 37.6 Å². The van der Waals surface area contributed by atoms with E-state index in [9.17, 15) is 4.79 Å². The first-order chi connectivity index (χ1) is 8.67. The lowest BCUT2D eigenvalue weighted by Crippen LogP contribution is -2.44. The molecule has 4 nitrogen and oxygen atoms in total. The Morgan fingerprint density at radius 1 is 1.56 bits per heavy atom. The highest BCUT2D eigenvalue weighted by molar-refractivity contribution is 6.00. The van der Waals surface area contributed by atoms with E-state index in [1.165, 1.54) is 0 Å². The molecule has 1 unspecified atom stereocenters. The van der Waals surface area contributed by atoms with Crippen LogP contribution < -0.4 is 15.4 Å². The summed E-state index contributed by atoms with van der Waals surface area (Å²) in [6, 6.07) is 5.86. The van der Waals surface area contributed by atoms with E-state index in [2.05, 4.69) is 6.58 Å². The summed E-state index contributed by atoms with van der Waals surface area (Å²) in [7, 11) is 0. The minimum Gasteiger partial charge on any atom is -0.479 e. The van der Waals surface area contributed by atoms with Gasteiger partial charge in [-0.1, -0.05) is 12.1 Å². The highest BCUT2D eigenvalue weighted by Gasteiger charge is 2.30. The summed E-state index contributed by atoms with van der Waals surface area (Å²) in [5.74, 6) is 0.706. The van der Waals surface area contributed by atoms with Crippen molar-refractivity contribution in [2.75, 3.05) is 18.0 Å². The average molecular weight is 246 g/mol. The zero-order valence-corrected chi connectivity index (χ0v) is 10.6. The zero-order valence-electron chi connectivity index (χ0n) is 10.6. The quantitative estimate of drug-likeness (QED) is 0.819. The van der Waals surface area contributed by atoms with Gasteiger partial charge in [-0.3, -0.25) is 4.79 Å². The molecule has 4 heteroatoms. The second kappa shape index (κ2) is 5.23. The van der Waals surface area contributed by atoms with Crippen LogP contribution in [0.25, 0.3) is 0 Å². The molecule has 0 radical (unpaired) electrons. The molecule has 0 spiro atoms. The highest BCUT2D eigenvalue weighted by atomic mass is 16.5. The van der Waals surface area contributed by atoms with Crippen LogP contribution in [-0.4, -0.2) is 25.1 Å². The van der Waals surface area contributed by atoms with Crippen molar-refractivity contribution in [2.24, 2.45) is 5.73 Å². The third-order valence-corrected chi connectivity index (χ3v) is 2.98. The van der Waals surface area contributed by atoms with Crippen LogP contribution in [0.1, 0.15) is 12.5 Å². The largest absolute Gasteiger partial charge is 0.479 e. The van der Waals surface area contributed by atoms with Gasteiger partial charge >= 0.3 is 0 Å². The molecule has 1 aliphatic heterocycles. The molecule has 18 heavy (non-hydrogen) atoms. The molecular formula is C14H18N2O2. The number of hydrogen-bond acceptors (Lipinski definition) is 3. The number of rotatable bonds is 4. The number of ether oxygens (including phenoxy) is 1. The van der Waals surface area contributed by atoms with Gasteiger partial charge in [0.1, 0.15) is 5.75 Å². The van der Waals surface area contributed by atoms with Crippen LogP contribution in [0.3, 0.4) is 0 Å². The van der Waals surface area contributed by atoms with E-state index in [1.54, 1.807) is 17.9 Å². The van der Waals surface area contributed by atoms with Gasteiger partial charge in [0.25, 0.3) is 5.91 Å². The number of amides is 1. The van der Waals surface area contributed by atoms with E-state index in [1.807, 2.05) is 18.2 Å². The number of carbonyl (C=O) groups excluding carboxylic acids is 1. The van der Waals surface area contributed by atoms with E-state index >= 15 is 0 Å².